The van der Waals surface area contributed by atoms with E-state index in [2.05, 4.69) is 22.5 Å². The zero-order valence-corrected chi connectivity index (χ0v) is 20.0. The lowest BCUT2D eigenvalue weighted by atomic mass is 10.0. The second-order valence-electron chi connectivity index (χ2n) is 8.27. The van der Waals surface area contributed by atoms with Crippen LogP contribution in [0.15, 0.2) is 48.5 Å². The molecule has 176 valence electrons. The molecular formula is C26H27N3O4S. The smallest absolute Gasteiger partial charge is 0.343 e. The number of anilines is 1. The number of ether oxygens (including phenoxy) is 2. The Hall–Kier alpha value is -3.36. The number of benzene rings is 2. The lowest BCUT2D eigenvalue weighted by Crippen LogP contribution is -2.38. The first kappa shape index (κ1) is 22.4. The Balaban J connectivity index is 1.39. The summed E-state index contributed by atoms with van der Waals surface area (Å²) >= 11 is 1.67. The molecule has 3 heterocycles. The first-order chi connectivity index (χ1) is 16.6. The van der Waals surface area contributed by atoms with Crippen LogP contribution in [0.4, 0.5) is 5.00 Å². The van der Waals surface area contributed by atoms with Crippen molar-refractivity contribution in [1.29, 1.82) is 0 Å². The molecule has 34 heavy (non-hydrogen) atoms. The minimum absolute atomic E-state index is 0.0567. The second-order valence-corrected chi connectivity index (χ2v) is 9.38. The number of nitrogens with one attached hydrogen (secondary N) is 2. The summed E-state index contributed by atoms with van der Waals surface area (Å²) in [6.45, 7) is 7.32. The molecule has 0 radical (unpaired) electrons. The average Bonchev–Trinajstić information content (AvgIpc) is 3.23. The third kappa shape index (κ3) is 4.26. The fraction of sp³-hybridized carbons (Fsp3) is 0.308. The lowest BCUT2D eigenvalue weighted by Gasteiger charge is -2.28. The Morgan fingerprint density at radius 2 is 1.94 bits per heavy atom. The summed E-state index contributed by atoms with van der Waals surface area (Å²) in [5.41, 5.74) is 3.24. The standard InChI is InChI=1S/C26H27N3O4S/c1-3-29-13-12-18-21(15-29)34-25-22(18)24(30)27-23(28-25)17-10-11-19(20(14-17)32-4-2)33-26(31)16-8-6-5-7-9-16/h5-11,14,23,28H,3-4,12-13,15H2,1-2H3,(H,27,30). The highest BCUT2D eigenvalue weighted by Crippen LogP contribution is 2.41. The number of nitrogens with zero attached hydrogens (tertiary/aromatic N) is 1. The topological polar surface area (TPSA) is 79.9 Å². The van der Waals surface area contributed by atoms with Gasteiger partial charge in [-0.15, -0.1) is 11.3 Å². The summed E-state index contributed by atoms with van der Waals surface area (Å²) in [6, 6.07) is 14.2. The van der Waals surface area contributed by atoms with Gasteiger partial charge in [-0.2, -0.15) is 0 Å². The largest absolute Gasteiger partial charge is 0.490 e. The van der Waals surface area contributed by atoms with Crippen LogP contribution in [0.5, 0.6) is 11.5 Å². The van der Waals surface area contributed by atoms with Crippen LogP contribution in [-0.4, -0.2) is 36.5 Å². The van der Waals surface area contributed by atoms with Crippen LogP contribution < -0.4 is 20.1 Å². The van der Waals surface area contributed by atoms with Crippen molar-refractivity contribution in [3.63, 3.8) is 0 Å². The Kier molecular flexibility index (Phi) is 6.26. The van der Waals surface area contributed by atoms with Crippen LogP contribution in [0.2, 0.25) is 0 Å². The Morgan fingerprint density at radius 3 is 2.71 bits per heavy atom. The summed E-state index contributed by atoms with van der Waals surface area (Å²) in [7, 11) is 0. The maximum atomic E-state index is 13.1. The van der Waals surface area contributed by atoms with Crippen LogP contribution in [0, 0.1) is 0 Å². The molecule has 2 aromatic carbocycles. The van der Waals surface area contributed by atoms with Gasteiger partial charge in [-0.1, -0.05) is 31.2 Å². The van der Waals surface area contributed by atoms with Gasteiger partial charge in [0.05, 0.1) is 17.7 Å². The Morgan fingerprint density at radius 1 is 1.12 bits per heavy atom. The molecule has 0 saturated carbocycles. The molecule has 1 atom stereocenters. The maximum Gasteiger partial charge on any atom is 0.343 e. The normalized spacial score (nSPS) is 17.2. The first-order valence-electron chi connectivity index (χ1n) is 11.6. The number of likely N-dealkylation sites (N-methyl/N-ethyl adjacent to an activating group) is 1. The number of fused-ring (bicyclic) bond motifs is 3. The van der Waals surface area contributed by atoms with Crippen molar-refractivity contribution in [1.82, 2.24) is 10.2 Å². The predicted molar refractivity (Wildman–Crippen MR) is 132 cm³/mol. The summed E-state index contributed by atoms with van der Waals surface area (Å²) in [6.07, 6.45) is 0.491. The third-order valence-electron chi connectivity index (χ3n) is 6.17. The molecule has 8 heteroatoms. The zero-order chi connectivity index (χ0) is 23.7. The van der Waals surface area contributed by atoms with E-state index in [1.165, 1.54) is 10.4 Å². The van der Waals surface area contributed by atoms with Gasteiger partial charge in [0.1, 0.15) is 11.2 Å². The maximum absolute atomic E-state index is 13.1. The quantitative estimate of drug-likeness (QED) is 0.399. The number of thiophene rings is 1. The van der Waals surface area contributed by atoms with E-state index in [1.54, 1.807) is 41.7 Å². The highest BCUT2D eigenvalue weighted by molar-refractivity contribution is 7.16. The monoisotopic (exact) mass is 477 g/mol. The van der Waals surface area contributed by atoms with E-state index in [4.69, 9.17) is 9.47 Å². The van der Waals surface area contributed by atoms with Crippen molar-refractivity contribution in [2.24, 2.45) is 0 Å². The number of rotatable bonds is 6. The molecule has 5 rings (SSSR count). The highest BCUT2D eigenvalue weighted by Gasteiger charge is 2.33. The Labute approximate surface area is 202 Å². The molecule has 2 N–H and O–H groups in total. The van der Waals surface area contributed by atoms with E-state index in [0.717, 1.165) is 42.2 Å². The molecule has 1 unspecified atom stereocenters. The molecule has 2 aliphatic rings. The second kappa shape index (κ2) is 9.48. The SMILES string of the molecule is CCOc1cc(C2NC(=O)c3c(sc4c3CCN(CC)C4)N2)ccc1OC(=O)c1ccccc1. The van der Waals surface area contributed by atoms with Crippen LogP contribution in [0.1, 0.15) is 56.7 Å². The summed E-state index contributed by atoms with van der Waals surface area (Å²) in [5.74, 6) is 0.288. The number of hydrogen-bond donors (Lipinski definition) is 2. The minimum atomic E-state index is -0.451. The lowest BCUT2D eigenvalue weighted by molar-refractivity contribution is 0.0728. The first-order valence-corrected chi connectivity index (χ1v) is 12.4. The van der Waals surface area contributed by atoms with Crippen molar-refractivity contribution < 1.29 is 19.1 Å². The summed E-state index contributed by atoms with van der Waals surface area (Å²) < 4.78 is 11.4. The van der Waals surface area contributed by atoms with Gasteiger partial charge < -0.3 is 20.1 Å². The molecule has 0 aliphatic carbocycles. The van der Waals surface area contributed by atoms with Gasteiger partial charge in [-0.3, -0.25) is 9.69 Å². The number of hydrogen-bond acceptors (Lipinski definition) is 7. The molecule has 1 aromatic heterocycles. The Bertz CT molecular complexity index is 1220. The molecule has 3 aromatic rings. The molecule has 0 bridgehead atoms. The molecule has 7 nitrogen and oxygen atoms in total. The van der Waals surface area contributed by atoms with Crippen LogP contribution in [0.3, 0.4) is 0 Å². The predicted octanol–water partition coefficient (Wildman–Crippen LogP) is 4.60. The van der Waals surface area contributed by atoms with E-state index in [-0.39, 0.29) is 5.91 Å². The van der Waals surface area contributed by atoms with Gasteiger partial charge >= 0.3 is 5.97 Å². The molecular weight excluding hydrogens is 450 g/mol. The molecule has 0 saturated heterocycles. The van der Waals surface area contributed by atoms with Crippen molar-refractivity contribution in [3.8, 4) is 11.5 Å². The molecule has 2 aliphatic heterocycles. The third-order valence-corrected chi connectivity index (χ3v) is 7.32. The van der Waals surface area contributed by atoms with Gasteiger partial charge in [-0.05, 0) is 55.3 Å². The number of carbonyl (C=O) groups excluding carboxylic acids is 2. The highest BCUT2D eigenvalue weighted by atomic mass is 32.1. The number of esters is 1. The molecule has 0 fully saturated rings. The van der Waals surface area contributed by atoms with Crippen molar-refractivity contribution in [2.45, 2.75) is 33.0 Å². The minimum Gasteiger partial charge on any atom is -0.490 e. The van der Waals surface area contributed by atoms with E-state index in [1.807, 2.05) is 25.1 Å². The number of carbonyl (C=O) groups is 2. The number of amides is 1. The molecule has 0 spiro atoms. The molecule has 1 amide bonds. The fourth-order valence-electron chi connectivity index (χ4n) is 4.40. The van der Waals surface area contributed by atoms with Crippen molar-refractivity contribution in [3.05, 3.63) is 75.7 Å². The zero-order valence-electron chi connectivity index (χ0n) is 19.2. The average molecular weight is 478 g/mol. The van der Waals surface area contributed by atoms with E-state index in [0.29, 0.717) is 23.7 Å². The van der Waals surface area contributed by atoms with Crippen LogP contribution in [0.25, 0.3) is 0 Å². The van der Waals surface area contributed by atoms with E-state index < -0.39 is 12.1 Å². The van der Waals surface area contributed by atoms with Crippen LogP contribution >= 0.6 is 11.3 Å². The van der Waals surface area contributed by atoms with E-state index in [9.17, 15) is 9.59 Å². The van der Waals surface area contributed by atoms with Crippen molar-refractivity contribution in [2.75, 3.05) is 25.0 Å². The summed E-state index contributed by atoms with van der Waals surface area (Å²) in [4.78, 5) is 29.3. The van der Waals surface area contributed by atoms with Gasteiger partial charge in [-0.25, -0.2) is 4.79 Å². The van der Waals surface area contributed by atoms with Gasteiger partial charge in [0.15, 0.2) is 11.5 Å². The van der Waals surface area contributed by atoms with Crippen LogP contribution in [-0.2, 0) is 13.0 Å². The van der Waals surface area contributed by atoms with Gasteiger partial charge in [0.2, 0.25) is 0 Å². The van der Waals surface area contributed by atoms with Gasteiger partial charge in [0, 0.05) is 18.0 Å². The van der Waals surface area contributed by atoms with Gasteiger partial charge in [0.25, 0.3) is 5.91 Å². The van der Waals surface area contributed by atoms with Crippen molar-refractivity contribution >= 4 is 28.2 Å². The summed E-state index contributed by atoms with van der Waals surface area (Å²) in [5, 5.41) is 7.49. The fourth-order valence-corrected chi connectivity index (χ4v) is 5.71. The van der Waals surface area contributed by atoms with E-state index >= 15 is 0 Å².